The van der Waals surface area contributed by atoms with Crippen LogP contribution < -0.4 is 10.1 Å². The summed E-state index contributed by atoms with van der Waals surface area (Å²) < 4.78 is 5.51. The van der Waals surface area contributed by atoms with Crippen LogP contribution in [0, 0.1) is 17.0 Å². The van der Waals surface area contributed by atoms with Crippen molar-refractivity contribution in [3.63, 3.8) is 0 Å². The fourth-order valence-electron chi connectivity index (χ4n) is 1.69. The molecule has 0 aliphatic heterocycles. The van der Waals surface area contributed by atoms with E-state index >= 15 is 0 Å². The molecule has 1 aromatic heterocycles. The van der Waals surface area contributed by atoms with Crippen molar-refractivity contribution < 1.29 is 9.66 Å². The minimum Gasteiger partial charge on any atom is -0.434 e. The molecule has 0 atom stereocenters. The molecule has 0 bridgehead atoms. The van der Waals surface area contributed by atoms with E-state index in [2.05, 4.69) is 21.9 Å². The van der Waals surface area contributed by atoms with Crippen molar-refractivity contribution in [1.82, 2.24) is 9.97 Å². The third kappa shape index (κ3) is 3.50. The van der Waals surface area contributed by atoms with E-state index in [1.165, 1.54) is 6.33 Å². The smallest absolute Gasteiger partial charge is 0.373 e. The lowest BCUT2D eigenvalue weighted by Crippen LogP contribution is -2.06. The van der Waals surface area contributed by atoms with Gasteiger partial charge in [-0.3, -0.25) is 10.1 Å². The molecule has 114 valence electrons. The highest BCUT2D eigenvalue weighted by molar-refractivity contribution is 6.31. The summed E-state index contributed by atoms with van der Waals surface area (Å²) in [7, 11) is 0. The quantitative estimate of drug-likeness (QED) is 0.495. The molecule has 2 rings (SSSR count). The van der Waals surface area contributed by atoms with Crippen molar-refractivity contribution in [2.24, 2.45) is 0 Å². The first-order chi connectivity index (χ1) is 10.5. The first-order valence-corrected chi connectivity index (χ1v) is 6.69. The van der Waals surface area contributed by atoms with E-state index in [9.17, 15) is 10.1 Å². The zero-order valence-electron chi connectivity index (χ0n) is 11.7. The number of halogens is 1. The third-order valence-electron chi connectivity index (χ3n) is 2.73. The Bertz CT molecular complexity index is 721. The highest BCUT2D eigenvalue weighted by Gasteiger charge is 2.24. The lowest BCUT2D eigenvalue weighted by atomic mass is 10.2. The van der Waals surface area contributed by atoms with Gasteiger partial charge in [-0.2, -0.15) is 4.98 Å². The summed E-state index contributed by atoms with van der Waals surface area (Å²) >= 11 is 5.94. The molecule has 8 heteroatoms. The van der Waals surface area contributed by atoms with Crippen LogP contribution in [0.25, 0.3) is 0 Å². The molecule has 0 unspecified atom stereocenters. The van der Waals surface area contributed by atoms with Gasteiger partial charge in [0.15, 0.2) is 0 Å². The van der Waals surface area contributed by atoms with Crippen molar-refractivity contribution in [3.05, 3.63) is 57.9 Å². The van der Waals surface area contributed by atoms with Gasteiger partial charge < -0.3 is 10.1 Å². The average molecular weight is 321 g/mol. The van der Waals surface area contributed by atoms with E-state index in [4.69, 9.17) is 16.3 Å². The molecule has 0 saturated heterocycles. The summed E-state index contributed by atoms with van der Waals surface area (Å²) in [5.74, 6) is 0.326. The van der Waals surface area contributed by atoms with Crippen LogP contribution in [0.1, 0.15) is 5.56 Å². The molecule has 7 nitrogen and oxygen atoms in total. The first kappa shape index (κ1) is 15.7. The second-order valence-electron chi connectivity index (χ2n) is 4.32. The first-order valence-electron chi connectivity index (χ1n) is 6.31. The van der Waals surface area contributed by atoms with Gasteiger partial charge in [0.2, 0.25) is 5.82 Å². The minimum atomic E-state index is -0.594. The van der Waals surface area contributed by atoms with Crippen molar-refractivity contribution in [2.75, 3.05) is 11.9 Å². The maximum Gasteiger partial charge on any atom is 0.373 e. The molecule has 0 amide bonds. The number of benzene rings is 1. The van der Waals surface area contributed by atoms with Crippen LogP contribution in [-0.2, 0) is 0 Å². The maximum absolute atomic E-state index is 11.3. The van der Waals surface area contributed by atoms with Crippen LogP contribution in [0.15, 0.2) is 37.2 Å². The number of ether oxygens (including phenoxy) is 1. The predicted molar refractivity (Wildman–Crippen MR) is 83.6 cm³/mol. The van der Waals surface area contributed by atoms with Crippen molar-refractivity contribution in [3.8, 4) is 11.6 Å². The topological polar surface area (TPSA) is 90.2 Å². The Morgan fingerprint density at radius 1 is 1.50 bits per heavy atom. The molecule has 0 saturated carbocycles. The van der Waals surface area contributed by atoms with Gasteiger partial charge in [-0.25, -0.2) is 4.98 Å². The van der Waals surface area contributed by atoms with Gasteiger partial charge in [0.25, 0.3) is 0 Å². The molecule has 0 aliphatic carbocycles. The molecular weight excluding hydrogens is 308 g/mol. The number of nitro groups is 1. The van der Waals surface area contributed by atoms with Gasteiger partial charge in [0, 0.05) is 11.6 Å². The summed E-state index contributed by atoms with van der Waals surface area (Å²) in [5, 5.41) is 14.6. The normalized spacial score (nSPS) is 10.1. The number of nitrogens with one attached hydrogen (secondary N) is 1. The number of aromatic nitrogens is 2. The van der Waals surface area contributed by atoms with Crippen LogP contribution >= 0.6 is 11.6 Å². The van der Waals surface area contributed by atoms with Crippen LogP contribution in [0.2, 0.25) is 5.02 Å². The number of nitrogens with zero attached hydrogens (tertiary/aromatic N) is 3. The monoisotopic (exact) mass is 320 g/mol. The summed E-state index contributed by atoms with van der Waals surface area (Å²) in [6.45, 7) is 5.68. The number of hydrogen-bond acceptors (Lipinski definition) is 6. The van der Waals surface area contributed by atoms with E-state index < -0.39 is 4.92 Å². The van der Waals surface area contributed by atoms with Gasteiger partial charge in [-0.1, -0.05) is 17.7 Å². The zero-order chi connectivity index (χ0) is 16.1. The number of anilines is 1. The molecule has 0 aliphatic rings. The standard InChI is InChI=1S/C14H13ClN4O3/c1-3-6-16-13-12(19(20)21)14(18-8-17-13)22-10-4-5-11(15)9(2)7-10/h3-5,7-8H,1,6H2,2H3,(H,16,17,18). The highest BCUT2D eigenvalue weighted by Crippen LogP contribution is 2.34. The average Bonchev–Trinajstić information content (AvgIpc) is 2.48. The Hall–Kier alpha value is -2.67. The van der Waals surface area contributed by atoms with Gasteiger partial charge in [0.05, 0.1) is 4.92 Å². The van der Waals surface area contributed by atoms with Crippen LogP contribution in [0.4, 0.5) is 11.5 Å². The molecule has 0 fully saturated rings. The summed E-state index contributed by atoms with van der Waals surface area (Å²) in [6.07, 6.45) is 2.76. The summed E-state index contributed by atoms with van der Waals surface area (Å²) in [4.78, 5) is 18.4. The van der Waals surface area contributed by atoms with Gasteiger partial charge >= 0.3 is 11.6 Å². The van der Waals surface area contributed by atoms with E-state index in [1.807, 2.05) is 0 Å². The Balaban J connectivity index is 2.39. The van der Waals surface area contributed by atoms with Crippen LogP contribution in [0.3, 0.4) is 0 Å². The Morgan fingerprint density at radius 2 is 2.27 bits per heavy atom. The summed E-state index contributed by atoms with van der Waals surface area (Å²) in [6, 6.07) is 4.93. The van der Waals surface area contributed by atoms with Crippen LogP contribution in [0.5, 0.6) is 11.6 Å². The van der Waals surface area contributed by atoms with Gasteiger partial charge in [0.1, 0.15) is 12.1 Å². The number of aryl methyl sites for hydroxylation is 1. The molecule has 22 heavy (non-hydrogen) atoms. The molecule has 1 N–H and O–H groups in total. The Labute approximate surface area is 131 Å². The minimum absolute atomic E-state index is 0.0700. The lowest BCUT2D eigenvalue weighted by Gasteiger charge is -2.09. The summed E-state index contributed by atoms with van der Waals surface area (Å²) in [5.41, 5.74) is 0.456. The molecule has 0 radical (unpaired) electrons. The van der Waals surface area contributed by atoms with E-state index in [-0.39, 0.29) is 17.4 Å². The number of rotatable bonds is 6. The lowest BCUT2D eigenvalue weighted by molar-refractivity contribution is -0.385. The molecule has 1 aromatic carbocycles. The molecule has 2 aromatic rings. The van der Waals surface area contributed by atoms with Gasteiger partial charge in [-0.05, 0) is 30.7 Å². The zero-order valence-corrected chi connectivity index (χ0v) is 12.5. The van der Waals surface area contributed by atoms with Crippen molar-refractivity contribution in [1.29, 1.82) is 0 Å². The third-order valence-corrected chi connectivity index (χ3v) is 3.15. The maximum atomic E-state index is 11.3. The molecular formula is C14H13ClN4O3. The van der Waals surface area contributed by atoms with Gasteiger partial charge in [-0.15, -0.1) is 6.58 Å². The number of hydrogen-bond donors (Lipinski definition) is 1. The SMILES string of the molecule is C=CCNc1ncnc(Oc2ccc(Cl)c(C)c2)c1[N+](=O)[O-]. The predicted octanol–water partition coefficient (Wildman–Crippen LogP) is 3.74. The van der Waals surface area contributed by atoms with E-state index in [0.29, 0.717) is 17.3 Å². The van der Waals surface area contributed by atoms with Crippen molar-refractivity contribution in [2.45, 2.75) is 6.92 Å². The fraction of sp³-hybridized carbons (Fsp3) is 0.143. The second kappa shape index (κ2) is 6.86. The fourth-order valence-corrected chi connectivity index (χ4v) is 1.81. The highest BCUT2D eigenvalue weighted by atomic mass is 35.5. The van der Waals surface area contributed by atoms with E-state index in [0.717, 1.165) is 5.56 Å². The second-order valence-corrected chi connectivity index (χ2v) is 4.72. The molecule has 1 heterocycles. The Morgan fingerprint density at radius 3 is 2.91 bits per heavy atom. The van der Waals surface area contributed by atoms with Crippen molar-refractivity contribution >= 4 is 23.1 Å². The largest absolute Gasteiger partial charge is 0.434 e. The van der Waals surface area contributed by atoms with Crippen LogP contribution in [-0.4, -0.2) is 21.4 Å². The van der Waals surface area contributed by atoms with E-state index in [1.54, 1.807) is 31.2 Å². The molecule has 0 spiro atoms. The Kier molecular flexibility index (Phi) is 4.90.